The van der Waals surface area contributed by atoms with Crippen LogP contribution in [0, 0.1) is 11.6 Å². The van der Waals surface area contributed by atoms with Crippen LogP contribution in [0.2, 0.25) is 5.02 Å². The van der Waals surface area contributed by atoms with Gasteiger partial charge in [0.15, 0.2) is 0 Å². The first-order valence-electron chi connectivity index (χ1n) is 7.06. The van der Waals surface area contributed by atoms with Crippen LogP contribution in [-0.4, -0.2) is 23.1 Å². The zero-order valence-electron chi connectivity index (χ0n) is 12.4. The number of fused-ring (bicyclic) bond motifs is 1. The molecule has 0 spiro atoms. The Kier molecular flexibility index (Phi) is 4.82. The van der Waals surface area contributed by atoms with Gasteiger partial charge in [0.05, 0.1) is 10.9 Å². The van der Waals surface area contributed by atoms with Crippen LogP contribution >= 0.6 is 23.4 Å². The van der Waals surface area contributed by atoms with Crippen LogP contribution in [0.1, 0.15) is 10.8 Å². The maximum Gasteiger partial charge on any atom is 0.405 e. The van der Waals surface area contributed by atoms with Crippen LogP contribution < -0.4 is 10.6 Å². The molecule has 2 amide bonds. The number of nitrogens with one attached hydrogen (secondary N) is 2. The number of amides is 2. The molecule has 0 aliphatic carbocycles. The van der Waals surface area contributed by atoms with Gasteiger partial charge >= 0.3 is 6.09 Å². The molecule has 0 saturated carbocycles. The molecule has 1 heterocycles. The van der Waals surface area contributed by atoms with E-state index in [2.05, 4.69) is 10.6 Å². The number of rotatable bonds is 2. The van der Waals surface area contributed by atoms with E-state index in [0.717, 1.165) is 30.0 Å². The molecule has 0 saturated heterocycles. The maximum absolute atomic E-state index is 14.3. The monoisotopic (exact) mass is 384 g/mol. The van der Waals surface area contributed by atoms with Gasteiger partial charge in [-0.25, -0.2) is 13.6 Å². The molecule has 25 heavy (non-hydrogen) atoms. The van der Waals surface area contributed by atoms with Crippen LogP contribution in [-0.2, 0) is 4.79 Å². The molecule has 0 bridgehead atoms. The summed E-state index contributed by atoms with van der Waals surface area (Å²) in [6, 6.07) is 6.23. The van der Waals surface area contributed by atoms with Gasteiger partial charge in [-0.3, -0.25) is 4.79 Å². The Morgan fingerprint density at radius 3 is 2.72 bits per heavy atom. The van der Waals surface area contributed by atoms with Crippen LogP contribution in [0.3, 0.4) is 0 Å². The maximum atomic E-state index is 14.3. The van der Waals surface area contributed by atoms with E-state index in [1.54, 1.807) is 12.1 Å². The number of hydrogen-bond donors (Lipinski definition) is 3. The van der Waals surface area contributed by atoms with Crippen LogP contribution in [0.4, 0.5) is 19.3 Å². The van der Waals surface area contributed by atoms with E-state index in [-0.39, 0.29) is 5.56 Å². The van der Waals surface area contributed by atoms with Crippen LogP contribution in [0.15, 0.2) is 41.3 Å². The van der Waals surface area contributed by atoms with Gasteiger partial charge in [0.2, 0.25) is 5.91 Å². The van der Waals surface area contributed by atoms with Crippen molar-refractivity contribution < 1.29 is 23.5 Å². The van der Waals surface area contributed by atoms with E-state index >= 15 is 0 Å². The van der Waals surface area contributed by atoms with Crippen molar-refractivity contribution in [2.75, 3.05) is 5.32 Å². The summed E-state index contributed by atoms with van der Waals surface area (Å²) < 4.78 is 27.9. The van der Waals surface area contributed by atoms with Crippen LogP contribution in [0.25, 0.3) is 0 Å². The highest BCUT2D eigenvalue weighted by molar-refractivity contribution is 7.99. The molecule has 5 nitrogen and oxygen atoms in total. The second-order valence-electron chi connectivity index (χ2n) is 5.26. The highest BCUT2D eigenvalue weighted by atomic mass is 35.5. The molecule has 2 aromatic carbocycles. The van der Waals surface area contributed by atoms with Crippen molar-refractivity contribution in [1.29, 1.82) is 0 Å². The van der Waals surface area contributed by atoms with E-state index in [1.165, 1.54) is 6.07 Å². The number of thioether (sulfide) groups is 1. The van der Waals surface area contributed by atoms with Gasteiger partial charge in [-0.15, -0.1) is 11.8 Å². The van der Waals surface area contributed by atoms with Crippen molar-refractivity contribution in [3.8, 4) is 0 Å². The Labute approximate surface area is 150 Å². The average Bonchev–Trinajstić information content (AvgIpc) is 2.66. The summed E-state index contributed by atoms with van der Waals surface area (Å²) in [5.74, 6) is -2.11. The number of carbonyl (C=O) groups is 2. The fraction of sp³-hybridized carbons (Fsp3) is 0.125. The van der Waals surface area contributed by atoms with Crippen molar-refractivity contribution in [3.05, 3.63) is 58.6 Å². The summed E-state index contributed by atoms with van der Waals surface area (Å²) >= 11 is 6.96. The normalized spacial score (nSPS) is 19.6. The lowest BCUT2D eigenvalue weighted by molar-refractivity contribution is -0.118. The summed E-state index contributed by atoms with van der Waals surface area (Å²) in [6.07, 6.45) is -1.45. The topological polar surface area (TPSA) is 78.4 Å². The van der Waals surface area contributed by atoms with E-state index < -0.39 is 34.9 Å². The van der Waals surface area contributed by atoms with Crippen LogP contribution in [0.5, 0.6) is 0 Å². The van der Waals surface area contributed by atoms with Gasteiger partial charge in [-0.05, 0) is 36.4 Å². The zero-order valence-corrected chi connectivity index (χ0v) is 14.0. The van der Waals surface area contributed by atoms with Crippen molar-refractivity contribution in [2.45, 2.75) is 16.2 Å². The summed E-state index contributed by atoms with van der Waals surface area (Å²) in [7, 11) is 0. The fourth-order valence-corrected chi connectivity index (χ4v) is 3.97. The lowest BCUT2D eigenvalue weighted by atomic mass is 10.0. The highest BCUT2D eigenvalue weighted by Crippen LogP contribution is 2.45. The fourth-order valence-electron chi connectivity index (χ4n) is 2.51. The third-order valence-corrected chi connectivity index (χ3v) is 5.21. The Balaban J connectivity index is 2.12. The molecule has 2 aromatic rings. The van der Waals surface area contributed by atoms with E-state index in [9.17, 15) is 18.4 Å². The van der Waals surface area contributed by atoms with Gasteiger partial charge in [-0.2, -0.15) is 0 Å². The number of anilines is 1. The Bertz CT molecular complexity index is 865. The Morgan fingerprint density at radius 1 is 1.24 bits per heavy atom. The first-order valence-corrected chi connectivity index (χ1v) is 8.32. The highest BCUT2D eigenvalue weighted by Gasteiger charge is 2.37. The summed E-state index contributed by atoms with van der Waals surface area (Å²) in [5.41, 5.74) is 0.265. The van der Waals surface area contributed by atoms with Gasteiger partial charge in [0, 0.05) is 15.5 Å². The zero-order chi connectivity index (χ0) is 18.1. The quantitative estimate of drug-likeness (QED) is 0.730. The molecule has 3 N–H and O–H groups in total. The minimum atomic E-state index is -1.45. The third-order valence-electron chi connectivity index (χ3n) is 3.58. The number of halogens is 3. The molecule has 1 aliphatic rings. The minimum Gasteiger partial charge on any atom is -0.465 e. The van der Waals surface area contributed by atoms with Crippen molar-refractivity contribution in [2.24, 2.45) is 0 Å². The first kappa shape index (κ1) is 17.5. The molecular formula is C16H11ClF2N2O3S. The van der Waals surface area contributed by atoms with E-state index in [4.69, 9.17) is 16.7 Å². The van der Waals surface area contributed by atoms with Gasteiger partial charge < -0.3 is 15.7 Å². The third kappa shape index (κ3) is 3.69. The predicted octanol–water partition coefficient (Wildman–Crippen LogP) is 4.04. The summed E-state index contributed by atoms with van der Waals surface area (Å²) in [5, 5.41) is 13.0. The number of carboxylic acid groups (broad SMARTS) is 1. The van der Waals surface area contributed by atoms with Crippen molar-refractivity contribution in [3.63, 3.8) is 0 Å². The van der Waals surface area contributed by atoms with Crippen molar-refractivity contribution in [1.82, 2.24) is 5.32 Å². The standard InChI is InChI=1S/C16H11ClF2N2O3S/c17-7-1-4-12-11(5-7)20-15(22)13(21-16(23)24)14(25-12)9-6-8(18)2-3-10(9)19/h1-6,13-14,21H,(H,20,22)(H,23,24)/t13-,14+/m0/s1. The number of hydrogen-bond acceptors (Lipinski definition) is 3. The van der Waals surface area contributed by atoms with Crippen molar-refractivity contribution >= 4 is 41.1 Å². The van der Waals surface area contributed by atoms with Gasteiger partial charge in [0.1, 0.15) is 17.7 Å². The largest absolute Gasteiger partial charge is 0.465 e. The molecule has 9 heteroatoms. The van der Waals surface area contributed by atoms with Gasteiger partial charge in [-0.1, -0.05) is 11.6 Å². The SMILES string of the molecule is O=C(O)N[C@@H]1C(=O)Nc2cc(Cl)ccc2S[C@@H]1c1cc(F)ccc1F. The summed E-state index contributed by atoms with van der Waals surface area (Å²) in [4.78, 5) is 24.1. The molecular weight excluding hydrogens is 374 g/mol. The molecule has 1 aliphatic heterocycles. The minimum absolute atomic E-state index is 0.110. The average molecular weight is 385 g/mol. The second kappa shape index (κ2) is 6.89. The Morgan fingerprint density at radius 2 is 2.00 bits per heavy atom. The second-order valence-corrected chi connectivity index (χ2v) is 6.88. The predicted molar refractivity (Wildman–Crippen MR) is 90.0 cm³/mol. The molecule has 0 radical (unpaired) electrons. The van der Waals surface area contributed by atoms with E-state index in [1.807, 2.05) is 0 Å². The lowest BCUT2D eigenvalue weighted by Crippen LogP contribution is -2.45. The number of benzene rings is 2. The first-order chi connectivity index (χ1) is 11.8. The summed E-state index contributed by atoms with van der Waals surface area (Å²) in [6.45, 7) is 0. The molecule has 0 aromatic heterocycles. The van der Waals surface area contributed by atoms with E-state index in [0.29, 0.717) is 15.6 Å². The molecule has 3 rings (SSSR count). The molecule has 2 atom stereocenters. The molecule has 0 unspecified atom stereocenters. The Hall–Kier alpha value is -2.32. The smallest absolute Gasteiger partial charge is 0.405 e. The molecule has 0 fully saturated rings. The molecule has 130 valence electrons. The van der Waals surface area contributed by atoms with Gasteiger partial charge in [0.25, 0.3) is 0 Å². The number of carbonyl (C=O) groups excluding carboxylic acids is 1. The lowest BCUT2D eigenvalue weighted by Gasteiger charge is -2.23.